The Labute approximate surface area is 438 Å². The van der Waals surface area contributed by atoms with Gasteiger partial charge >= 0.3 is 17.9 Å². The lowest BCUT2D eigenvalue weighted by molar-refractivity contribution is -0.138. The van der Waals surface area contributed by atoms with Gasteiger partial charge in [-0.2, -0.15) is 0 Å². The molecule has 0 radical (unpaired) electrons. The molecule has 75 heavy (non-hydrogen) atoms. The lowest BCUT2D eigenvalue weighted by Gasteiger charge is -2.08. The zero-order valence-electron chi connectivity index (χ0n) is 42.1. The average molecular weight is 1040 g/mol. The summed E-state index contributed by atoms with van der Waals surface area (Å²) in [5, 5.41) is 40.6. The molecule has 0 unspecified atom stereocenters. The summed E-state index contributed by atoms with van der Waals surface area (Å²) in [7, 11) is 5.54. The van der Waals surface area contributed by atoms with E-state index in [1.165, 1.54) is 0 Å². The van der Waals surface area contributed by atoms with Crippen molar-refractivity contribution in [2.75, 3.05) is 56.9 Å². The monoisotopic (exact) mass is 1040 g/mol. The fourth-order valence-corrected chi connectivity index (χ4v) is 8.98. The fourth-order valence-electron chi connectivity index (χ4n) is 7.95. The van der Waals surface area contributed by atoms with Crippen molar-refractivity contribution in [2.24, 2.45) is 0 Å². The number of fused-ring (bicyclic) bond motifs is 3. The maximum Gasteiger partial charge on any atom is 0.305 e. The molecule has 6 heterocycles. The summed E-state index contributed by atoms with van der Waals surface area (Å²) in [6.07, 6.45) is 7.06. The van der Waals surface area contributed by atoms with Gasteiger partial charge < -0.3 is 54.5 Å². The number of furan rings is 1. The number of thiophene rings is 1. The third kappa shape index (κ3) is 16.4. The minimum atomic E-state index is -0.815. The van der Waals surface area contributed by atoms with E-state index in [9.17, 15) is 14.4 Å². The zero-order chi connectivity index (χ0) is 52.9. The summed E-state index contributed by atoms with van der Waals surface area (Å²) in [5.41, 5.74) is 6.62. The summed E-state index contributed by atoms with van der Waals surface area (Å²) in [5.74, 6) is 2.50. The van der Waals surface area contributed by atoms with Crippen molar-refractivity contribution < 1.29 is 48.3 Å². The predicted octanol–water partition coefficient (Wildman–Crippen LogP) is 10.7. The largest absolute Gasteiger partial charge is 0.493 e. The first-order valence-electron chi connectivity index (χ1n) is 24.5. The topological polar surface area (TPSA) is 232 Å². The number of ether oxygens (including phenoxy) is 3. The first-order valence-corrected chi connectivity index (χ1v) is 25.4. The van der Waals surface area contributed by atoms with Gasteiger partial charge in [-0.1, -0.05) is 18.2 Å². The second-order valence-corrected chi connectivity index (χ2v) is 18.0. The lowest BCUT2D eigenvalue weighted by Crippen LogP contribution is -2.04. The molecule has 0 saturated carbocycles. The Morgan fingerprint density at radius 2 is 1.05 bits per heavy atom. The zero-order valence-corrected chi connectivity index (χ0v) is 42.9. The minimum absolute atomic E-state index is 0.0889. The van der Waals surface area contributed by atoms with Crippen LogP contribution in [-0.2, 0) is 53.0 Å². The number of carboxylic acid groups (broad SMARTS) is 3. The third-order valence-corrected chi connectivity index (χ3v) is 12.8. The minimum Gasteiger partial charge on any atom is -0.493 e. The SMILES string of the molecule is CNc1cccc(CCOc2ccc3c(CCC(=O)O)coc3c2)n1.CNc1cccc(CCOc2ccc3c(CCC(=O)O)csc3c2)n1.CNc1cccc(CCOc2ccc3c(ccn3CCC(=O)O)c2)n1. The molecule has 0 aliphatic rings. The van der Waals surface area contributed by atoms with Gasteiger partial charge in [0.15, 0.2) is 0 Å². The Morgan fingerprint density at radius 3 is 1.59 bits per heavy atom. The third-order valence-electron chi connectivity index (χ3n) is 11.8. The number of hydrogen-bond acceptors (Lipinski definition) is 14. The van der Waals surface area contributed by atoms with Crippen molar-refractivity contribution in [1.82, 2.24) is 19.5 Å². The second-order valence-electron chi connectivity index (χ2n) is 17.1. The van der Waals surface area contributed by atoms with Crippen LogP contribution in [0.15, 0.2) is 138 Å². The van der Waals surface area contributed by atoms with Crippen molar-refractivity contribution >= 4 is 78.7 Å². The van der Waals surface area contributed by atoms with Gasteiger partial charge in [0.05, 0.1) is 32.5 Å². The van der Waals surface area contributed by atoms with Gasteiger partial charge in [-0.3, -0.25) is 14.4 Å². The van der Waals surface area contributed by atoms with Crippen LogP contribution in [0, 0.1) is 0 Å². The average Bonchev–Trinajstić information content (AvgIpc) is 4.16. The van der Waals surface area contributed by atoms with Gasteiger partial charge in [-0.15, -0.1) is 11.3 Å². The molecule has 390 valence electrons. The molecule has 9 aromatic rings. The number of hydrogen-bond donors (Lipinski definition) is 6. The van der Waals surface area contributed by atoms with Crippen molar-refractivity contribution in [3.8, 4) is 17.2 Å². The molecule has 6 N–H and O–H groups in total. The number of aromatic nitrogens is 4. The van der Waals surface area contributed by atoms with E-state index in [4.69, 9.17) is 33.9 Å². The van der Waals surface area contributed by atoms with Gasteiger partial charge in [0, 0.05) is 110 Å². The van der Waals surface area contributed by atoms with Gasteiger partial charge in [0.2, 0.25) is 0 Å². The highest BCUT2D eigenvalue weighted by atomic mass is 32.1. The molecule has 6 aromatic heterocycles. The molecular formula is C57H61N7O10S. The van der Waals surface area contributed by atoms with Crippen LogP contribution in [0.25, 0.3) is 32.0 Å². The van der Waals surface area contributed by atoms with Crippen LogP contribution in [0.3, 0.4) is 0 Å². The standard InChI is InChI=1S/C19H21N3O3.C19H20N2O4.C19H20N2O3S/c1-20-18-4-2-3-15(21-18)9-12-25-16-5-6-17-14(13-16)7-10-22(17)11-8-19(23)24;2*1-20-18-4-2-3-14(21-18)9-10-24-15-6-7-16-13(5-8-19(22)23)12-25-17(16)11-15/h2-7,10,13H,8-9,11-12H2,1H3,(H,20,21)(H,23,24);2*2-4,6-7,11-12H,5,8-10H2,1H3,(H,20,21)(H,22,23). The lowest BCUT2D eigenvalue weighted by atomic mass is 10.1. The normalized spacial score (nSPS) is 10.8. The number of pyridine rings is 3. The molecule has 0 saturated heterocycles. The number of aryl methyl sites for hydroxylation is 3. The van der Waals surface area contributed by atoms with E-state index in [0.29, 0.717) is 51.2 Å². The van der Waals surface area contributed by atoms with E-state index in [2.05, 4.69) is 30.9 Å². The summed E-state index contributed by atoms with van der Waals surface area (Å²) in [6, 6.07) is 37.0. The molecule has 17 nitrogen and oxygen atoms in total. The highest BCUT2D eigenvalue weighted by Gasteiger charge is 2.11. The number of carboxylic acids is 3. The number of nitrogens with zero attached hydrogens (tertiary/aromatic N) is 4. The van der Waals surface area contributed by atoms with Crippen LogP contribution >= 0.6 is 11.3 Å². The van der Waals surface area contributed by atoms with E-state index in [1.54, 1.807) is 17.6 Å². The van der Waals surface area contributed by atoms with Crippen molar-refractivity contribution in [2.45, 2.75) is 57.9 Å². The van der Waals surface area contributed by atoms with E-state index in [1.807, 2.05) is 153 Å². The van der Waals surface area contributed by atoms with E-state index in [0.717, 1.165) is 102 Å². The first-order chi connectivity index (χ1) is 36.5. The first kappa shape index (κ1) is 54.1. The summed E-state index contributed by atoms with van der Waals surface area (Å²) >= 11 is 1.62. The molecule has 0 aliphatic carbocycles. The van der Waals surface area contributed by atoms with Crippen molar-refractivity contribution in [3.05, 3.63) is 161 Å². The van der Waals surface area contributed by atoms with Crippen molar-refractivity contribution in [1.29, 1.82) is 0 Å². The van der Waals surface area contributed by atoms with Gasteiger partial charge in [-0.05, 0) is 126 Å². The molecule has 0 amide bonds. The summed E-state index contributed by atoms with van der Waals surface area (Å²) < 4.78 is 26.1. The van der Waals surface area contributed by atoms with Crippen LogP contribution < -0.4 is 30.2 Å². The fraction of sp³-hybridized carbons (Fsp3) is 0.263. The number of carbonyl (C=O) groups is 3. The summed E-state index contributed by atoms with van der Waals surface area (Å²) in [4.78, 5) is 45.5. The molecule has 9 rings (SSSR count). The van der Waals surface area contributed by atoms with Gasteiger partial charge in [0.1, 0.15) is 40.3 Å². The number of nitrogens with one attached hydrogen (secondary N) is 3. The van der Waals surface area contributed by atoms with Crippen LogP contribution in [0.4, 0.5) is 17.5 Å². The molecule has 0 spiro atoms. The Hall–Kier alpha value is -8.64. The summed E-state index contributed by atoms with van der Waals surface area (Å²) in [6.45, 7) is 2.08. The Morgan fingerprint density at radius 1 is 0.560 bits per heavy atom. The molecule has 0 bridgehead atoms. The smallest absolute Gasteiger partial charge is 0.305 e. The Balaban J connectivity index is 0.000000164. The number of anilines is 3. The van der Waals surface area contributed by atoms with Crippen LogP contribution in [0.1, 0.15) is 47.5 Å². The van der Waals surface area contributed by atoms with Gasteiger partial charge in [-0.25, -0.2) is 15.0 Å². The highest BCUT2D eigenvalue weighted by molar-refractivity contribution is 7.17. The Kier molecular flexibility index (Phi) is 19.8. The van der Waals surface area contributed by atoms with E-state index >= 15 is 0 Å². The molecule has 18 heteroatoms. The molecular weight excluding hydrogens is 975 g/mol. The van der Waals surface area contributed by atoms with Crippen LogP contribution in [0.2, 0.25) is 0 Å². The number of benzene rings is 3. The molecule has 0 aliphatic heterocycles. The molecule has 0 atom stereocenters. The maximum atomic E-state index is 10.7. The van der Waals surface area contributed by atoms with E-state index in [-0.39, 0.29) is 19.3 Å². The van der Waals surface area contributed by atoms with Gasteiger partial charge in [0.25, 0.3) is 0 Å². The molecule has 3 aromatic carbocycles. The van der Waals surface area contributed by atoms with Crippen LogP contribution in [0.5, 0.6) is 17.2 Å². The predicted molar refractivity (Wildman–Crippen MR) is 293 cm³/mol. The quantitative estimate of drug-likeness (QED) is 0.0330. The Bertz CT molecular complexity index is 2970. The van der Waals surface area contributed by atoms with Crippen molar-refractivity contribution in [3.63, 3.8) is 0 Å². The van der Waals surface area contributed by atoms with E-state index < -0.39 is 17.9 Å². The maximum absolute atomic E-state index is 10.7. The number of aliphatic carboxylic acids is 3. The number of rotatable bonds is 24. The highest BCUT2D eigenvalue weighted by Crippen LogP contribution is 2.31. The molecule has 0 fully saturated rings. The van der Waals surface area contributed by atoms with Crippen LogP contribution in [-0.4, -0.2) is 93.7 Å². The second kappa shape index (κ2) is 27.4.